The number of fused-ring (bicyclic) bond motifs is 1. The maximum atomic E-state index is 11.5. The molecule has 0 radical (unpaired) electrons. The lowest BCUT2D eigenvalue weighted by atomic mass is 10.1. The lowest BCUT2D eigenvalue weighted by Crippen LogP contribution is -2.35. The number of carbonyl (C=O) groups is 3. The van der Waals surface area contributed by atoms with E-state index in [1.165, 1.54) is 4.90 Å². The fraction of sp³-hybridized carbons (Fsp3) is 0.250. The van der Waals surface area contributed by atoms with E-state index >= 15 is 0 Å². The number of nitrogens with zero attached hydrogens (tertiary/aromatic N) is 1. The zero-order chi connectivity index (χ0) is 13.1. The predicted molar refractivity (Wildman–Crippen MR) is 63.3 cm³/mol. The highest BCUT2D eigenvalue weighted by atomic mass is 16.5. The van der Waals surface area contributed by atoms with Crippen molar-refractivity contribution in [2.45, 2.75) is 6.54 Å². The minimum absolute atomic E-state index is 0.0325. The molecule has 0 saturated heterocycles. The van der Waals surface area contributed by atoms with Crippen LogP contribution in [0.15, 0.2) is 18.2 Å². The van der Waals surface area contributed by atoms with Gasteiger partial charge in [0.2, 0.25) is 6.29 Å². The first-order valence-corrected chi connectivity index (χ1v) is 5.37. The molecule has 18 heavy (non-hydrogen) atoms. The Morgan fingerprint density at radius 1 is 1.56 bits per heavy atom. The molecule has 1 aromatic carbocycles. The molecule has 0 bridgehead atoms. The van der Waals surface area contributed by atoms with Crippen molar-refractivity contribution < 1.29 is 19.1 Å². The maximum absolute atomic E-state index is 11.5. The maximum Gasteiger partial charge on any atom is 0.284 e. The molecule has 6 heteroatoms. The van der Waals surface area contributed by atoms with Gasteiger partial charge in [0.1, 0.15) is 5.75 Å². The summed E-state index contributed by atoms with van der Waals surface area (Å²) in [6.45, 7) is 0.262. The number of aldehydes is 1. The van der Waals surface area contributed by atoms with Crippen LogP contribution in [0.1, 0.15) is 5.56 Å². The van der Waals surface area contributed by atoms with Crippen molar-refractivity contribution in [1.82, 2.24) is 5.32 Å². The lowest BCUT2D eigenvalue weighted by molar-refractivity contribution is -0.131. The number of likely N-dealkylation sites (N-methyl/N-ethyl adjacent to an activating group) is 1. The number of rotatable bonds is 3. The van der Waals surface area contributed by atoms with Gasteiger partial charge in [-0.05, 0) is 17.7 Å². The number of carbonyl (C=O) groups excluding carboxylic acids is 3. The van der Waals surface area contributed by atoms with Crippen LogP contribution in [0.25, 0.3) is 0 Å². The van der Waals surface area contributed by atoms with Gasteiger partial charge in [-0.2, -0.15) is 0 Å². The molecular formula is C12H12N2O4. The van der Waals surface area contributed by atoms with Crippen molar-refractivity contribution >= 4 is 23.8 Å². The molecule has 0 spiro atoms. The van der Waals surface area contributed by atoms with Gasteiger partial charge in [0.25, 0.3) is 11.8 Å². The molecule has 94 valence electrons. The second-order valence-corrected chi connectivity index (χ2v) is 3.88. The van der Waals surface area contributed by atoms with E-state index in [4.69, 9.17) is 4.74 Å². The van der Waals surface area contributed by atoms with Gasteiger partial charge in [0.15, 0.2) is 6.61 Å². The van der Waals surface area contributed by atoms with Crippen LogP contribution in [0.5, 0.6) is 5.75 Å². The van der Waals surface area contributed by atoms with Gasteiger partial charge in [0, 0.05) is 13.6 Å². The third-order valence-electron chi connectivity index (χ3n) is 2.68. The highest BCUT2D eigenvalue weighted by Gasteiger charge is 2.22. The smallest absolute Gasteiger partial charge is 0.284 e. The van der Waals surface area contributed by atoms with Crippen molar-refractivity contribution in [3.8, 4) is 5.75 Å². The molecule has 0 unspecified atom stereocenters. The molecule has 6 nitrogen and oxygen atoms in total. The minimum Gasteiger partial charge on any atom is -0.482 e. The number of hydrogen-bond acceptors (Lipinski definition) is 4. The topological polar surface area (TPSA) is 75.7 Å². The summed E-state index contributed by atoms with van der Waals surface area (Å²) in [4.78, 5) is 34.0. The quantitative estimate of drug-likeness (QED) is 0.596. The molecule has 0 atom stereocenters. The fourth-order valence-electron chi connectivity index (χ4n) is 1.66. The summed E-state index contributed by atoms with van der Waals surface area (Å²) in [6, 6.07) is 5.26. The zero-order valence-electron chi connectivity index (χ0n) is 9.80. The van der Waals surface area contributed by atoms with Crippen molar-refractivity contribution in [3.63, 3.8) is 0 Å². The lowest BCUT2D eigenvalue weighted by Gasteiger charge is -2.26. The first-order chi connectivity index (χ1) is 8.61. The molecule has 0 aromatic heterocycles. The van der Waals surface area contributed by atoms with Crippen LogP contribution in [0, 0.1) is 0 Å². The molecule has 2 rings (SSSR count). The van der Waals surface area contributed by atoms with E-state index in [2.05, 4.69) is 5.32 Å². The molecule has 1 aliphatic rings. The zero-order valence-corrected chi connectivity index (χ0v) is 9.80. The Labute approximate surface area is 104 Å². The molecule has 1 N–H and O–H groups in total. The van der Waals surface area contributed by atoms with Crippen molar-refractivity contribution in [1.29, 1.82) is 0 Å². The van der Waals surface area contributed by atoms with Crippen molar-refractivity contribution in [2.24, 2.45) is 0 Å². The number of ether oxygens (including phenoxy) is 1. The van der Waals surface area contributed by atoms with Crippen LogP contribution in [0.2, 0.25) is 0 Å². The van der Waals surface area contributed by atoms with Gasteiger partial charge in [-0.15, -0.1) is 0 Å². The highest BCUT2D eigenvalue weighted by Crippen LogP contribution is 2.31. The molecular weight excluding hydrogens is 236 g/mol. The van der Waals surface area contributed by atoms with Gasteiger partial charge >= 0.3 is 0 Å². The first-order valence-electron chi connectivity index (χ1n) is 5.37. The first kappa shape index (κ1) is 12.1. The average molecular weight is 248 g/mol. The number of anilines is 1. The van der Waals surface area contributed by atoms with Crippen molar-refractivity contribution in [2.75, 3.05) is 18.6 Å². The van der Waals surface area contributed by atoms with Crippen LogP contribution in [-0.2, 0) is 20.9 Å². The van der Waals surface area contributed by atoms with Crippen LogP contribution in [0.3, 0.4) is 0 Å². The monoisotopic (exact) mass is 248 g/mol. The fourth-order valence-corrected chi connectivity index (χ4v) is 1.66. The summed E-state index contributed by atoms with van der Waals surface area (Å²) in [7, 11) is 1.66. The molecule has 2 amide bonds. The normalized spacial score (nSPS) is 13.6. The van der Waals surface area contributed by atoms with Gasteiger partial charge in [0.05, 0.1) is 5.69 Å². The highest BCUT2D eigenvalue weighted by molar-refractivity contribution is 6.23. The minimum atomic E-state index is -0.673. The molecule has 1 aliphatic heterocycles. The molecule has 0 aliphatic carbocycles. The summed E-state index contributed by atoms with van der Waals surface area (Å²) in [5.74, 6) is -0.174. The standard InChI is InChI=1S/C12H12N2O4/c1-14-9-4-8(5-13-11(16)6-15)2-3-10(9)18-7-12(14)17/h2-4,6H,5,7H2,1H3,(H,13,16). The van der Waals surface area contributed by atoms with E-state index in [0.29, 0.717) is 11.4 Å². The predicted octanol–water partition coefficient (Wildman–Crippen LogP) is -0.143. The summed E-state index contributed by atoms with van der Waals surface area (Å²) in [6.07, 6.45) is 0.219. The van der Waals surface area contributed by atoms with E-state index in [-0.39, 0.29) is 25.3 Å². The Bertz CT molecular complexity index is 513. The molecule has 1 aromatic rings. The van der Waals surface area contributed by atoms with Gasteiger partial charge in [-0.1, -0.05) is 6.07 Å². The molecule has 1 heterocycles. The summed E-state index contributed by atoms with van der Waals surface area (Å²) in [5.41, 5.74) is 1.44. The Hall–Kier alpha value is -2.37. The number of hydrogen-bond donors (Lipinski definition) is 1. The summed E-state index contributed by atoms with van der Waals surface area (Å²) < 4.78 is 5.27. The summed E-state index contributed by atoms with van der Waals surface area (Å²) >= 11 is 0. The van der Waals surface area contributed by atoms with Crippen LogP contribution in [-0.4, -0.2) is 31.8 Å². The van der Waals surface area contributed by atoms with Crippen LogP contribution >= 0.6 is 0 Å². The van der Waals surface area contributed by atoms with Gasteiger partial charge < -0.3 is 15.0 Å². The second-order valence-electron chi connectivity index (χ2n) is 3.88. The third kappa shape index (κ3) is 2.32. The molecule has 0 saturated carbocycles. The van der Waals surface area contributed by atoms with E-state index in [1.807, 2.05) is 0 Å². The number of nitrogens with one attached hydrogen (secondary N) is 1. The third-order valence-corrected chi connectivity index (χ3v) is 2.68. The second kappa shape index (κ2) is 4.87. The van der Waals surface area contributed by atoms with E-state index in [9.17, 15) is 14.4 Å². The molecule has 0 fully saturated rings. The Kier molecular flexibility index (Phi) is 3.27. The largest absolute Gasteiger partial charge is 0.482 e. The SMILES string of the molecule is CN1C(=O)COc2ccc(CNC(=O)C=O)cc21. The van der Waals surface area contributed by atoms with Gasteiger partial charge in [-0.3, -0.25) is 14.4 Å². The van der Waals surface area contributed by atoms with E-state index in [0.717, 1.165) is 5.56 Å². The number of amides is 2. The summed E-state index contributed by atoms with van der Waals surface area (Å²) in [5, 5.41) is 2.43. The van der Waals surface area contributed by atoms with Crippen LogP contribution < -0.4 is 15.0 Å². The Balaban J connectivity index is 2.18. The average Bonchev–Trinajstić information content (AvgIpc) is 2.40. The van der Waals surface area contributed by atoms with E-state index in [1.54, 1.807) is 25.2 Å². The number of benzene rings is 1. The van der Waals surface area contributed by atoms with E-state index < -0.39 is 5.91 Å². The van der Waals surface area contributed by atoms with Gasteiger partial charge in [-0.25, -0.2) is 0 Å². The Morgan fingerprint density at radius 2 is 2.33 bits per heavy atom. The van der Waals surface area contributed by atoms with Crippen LogP contribution in [0.4, 0.5) is 5.69 Å². The van der Waals surface area contributed by atoms with Crippen molar-refractivity contribution in [3.05, 3.63) is 23.8 Å². The Morgan fingerprint density at radius 3 is 3.06 bits per heavy atom.